The summed E-state index contributed by atoms with van der Waals surface area (Å²) < 4.78 is 40.4. The number of hydrogen-bond donors (Lipinski definition) is 2. The number of carbonyl (C=O) groups is 2. The number of primary amides is 2. The van der Waals surface area contributed by atoms with Crippen molar-refractivity contribution in [3.63, 3.8) is 0 Å². The summed E-state index contributed by atoms with van der Waals surface area (Å²) in [6.07, 6.45) is -5.01. The molecule has 4 N–H and O–H groups in total. The Morgan fingerprint density at radius 3 is 2.11 bits per heavy atom. The van der Waals surface area contributed by atoms with Gasteiger partial charge in [-0.15, -0.1) is 13.2 Å². The zero-order chi connectivity index (χ0) is 14.1. The number of ether oxygens (including phenoxy) is 1. The topological polar surface area (TPSA) is 95.4 Å². The number of hydrogen-bond acceptors (Lipinski definition) is 3. The molecule has 1 rings (SSSR count). The molecule has 1 aromatic rings. The Labute approximate surface area is 112 Å². The second kappa shape index (κ2) is 5.00. The highest BCUT2D eigenvalue weighted by molar-refractivity contribution is 14.1. The van der Waals surface area contributed by atoms with Crippen LogP contribution in [-0.2, 0) is 0 Å². The third-order valence-electron chi connectivity index (χ3n) is 1.80. The van der Waals surface area contributed by atoms with Crippen molar-refractivity contribution in [3.8, 4) is 5.75 Å². The van der Waals surface area contributed by atoms with E-state index in [9.17, 15) is 22.8 Å². The molecule has 0 aliphatic heterocycles. The maximum absolute atomic E-state index is 12.2. The first-order valence-corrected chi connectivity index (χ1v) is 5.38. The Morgan fingerprint density at radius 2 is 1.72 bits per heavy atom. The summed E-state index contributed by atoms with van der Waals surface area (Å²) >= 11 is 1.65. The maximum atomic E-state index is 12.2. The predicted molar refractivity (Wildman–Crippen MR) is 62.9 cm³/mol. The van der Waals surface area contributed by atoms with E-state index >= 15 is 0 Å². The molecular formula is C9H6F3IN2O3. The highest BCUT2D eigenvalue weighted by Crippen LogP contribution is 2.30. The Kier molecular flexibility index (Phi) is 4.04. The fraction of sp³-hybridized carbons (Fsp3) is 0.111. The summed E-state index contributed by atoms with van der Waals surface area (Å²) in [5.74, 6) is -3.16. The first-order chi connectivity index (χ1) is 8.11. The van der Waals surface area contributed by atoms with Gasteiger partial charge in [-0.25, -0.2) is 0 Å². The summed E-state index contributed by atoms with van der Waals surface area (Å²) in [7, 11) is 0. The Morgan fingerprint density at radius 1 is 1.17 bits per heavy atom. The lowest BCUT2D eigenvalue weighted by atomic mass is 10.1. The van der Waals surface area contributed by atoms with Crippen LogP contribution in [0.15, 0.2) is 12.1 Å². The first kappa shape index (κ1) is 14.5. The van der Waals surface area contributed by atoms with E-state index in [0.717, 1.165) is 12.1 Å². The smallest absolute Gasteiger partial charge is 0.405 e. The van der Waals surface area contributed by atoms with Gasteiger partial charge in [0.15, 0.2) is 0 Å². The van der Waals surface area contributed by atoms with E-state index in [2.05, 4.69) is 4.74 Å². The third-order valence-corrected chi connectivity index (χ3v) is 2.43. The molecule has 0 spiro atoms. The predicted octanol–water partition coefficient (Wildman–Crippen LogP) is 1.39. The molecule has 0 radical (unpaired) electrons. The zero-order valence-corrected chi connectivity index (χ0v) is 10.7. The summed E-state index contributed by atoms with van der Waals surface area (Å²) in [6.45, 7) is 0. The van der Waals surface area contributed by atoms with Crippen LogP contribution in [0, 0.1) is 3.57 Å². The SMILES string of the molecule is NC(=O)c1cc(I)cc(OC(F)(F)F)c1C(N)=O. The van der Waals surface area contributed by atoms with Gasteiger partial charge >= 0.3 is 6.36 Å². The molecule has 0 fully saturated rings. The van der Waals surface area contributed by atoms with E-state index in [-0.39, 0.29) is 3.57 Å². The van der Waals surface area contributed by atoms with Crippen molar-refractivity contribution < 1.29 is 27.5 Å². The standard InChI is InChI=1S/C9H6F3IN2O3/c10-9(11,12)18-5-2-3(13)1-4(7(14)16)6(5)8(15)17/h1-2H,(H2,14,16)(H2,15,17). The van der Waals surface area contributed by atoms with E-state index in [1.165, 1.54) is 0 Å². The lowest BCUT2D eigenvalue weighted by molar-refractivity contribution is -0.274. The van der Waals surface area contributed by atoms with Crippen LogP contribution in [-0.4, -0.2) is 18.2 Å². The van der Waals surface area contributed by atoms with Crippen molar-refractivity contribution in [2.75, 3.05) is 0 Å². The molecule has 18 heavy (non-hydrogen) atoms. The van der Waals surface area contributed by atoms with Crippen LogP contribution >= 0.6 is 22.6 Å². The third kappa shape index (κ3) is 3.48. The Bertz CT molecular complexity index is 517. The molecule has 0 atom stereocenters. The molecule has 2 amide bonds. The van der Waals surface area contributed by atoms with Crippen molar-refractivity contribution in [2.45, 2.75) is 6.36 Å². The van der Waals surface area contributed by atoms with Crippen LogP contribution in [0.5, 0.6) is 5.75 Å². The van der Waals surface area contributed by atoms with Gasteiger partial charge in [0, 0.05) is 3.57 Å². The quantitative estimate of drug-likeness (QED) is 0.783. The number of benzene rings is 1. The fourth-order valence-corrected chi connectivity index (χ4v) is 1.83. The lowest BCUT2D eigenvalue weighted by Gasteiger charge is -2.14. The molecule has 0 aromatic heterocycles. The van der Waals surface area contributed by atoms with E-state index < -0.39 is 35.1 Å². The van der Waals surface area contributed by atoms with E-state index in [0.29, 0.717) is 0 Å². The summed E-state index contributed by atoms with van der Waals surface area (Å²) in [5, 5.41) is 0. The Balaban J connectivity index is 3.49. The van der Waals surface area contributed by atoms with Gasteiger partial charge in [-0.1, -0.05) is 0 Å². The van der Waals surface area contributed by atoms with Crippen molar-refractivity contribution in [2.24, 2.45) is 11.5 Å². The molecule has 0 bridgehead atoms. The molecule has 0 saturated carbocycles. The van der Waals surface area contributed by atoms with Gasteiger partial charge in [0.2, 0.25) is 5.91 Å². The molecule has 0 aliphatic rings. The van der Waals surface area contributed by atoms with Crippen molar-refractivity contribution in [1.29, 1.82) is 0 Å². The monoisotopic (exact) mass is 374 g/mol. The van der Waals surface area contributed by atoms with E-state index in [1.807, 2.05) is 0 Å². The van der Waals surface area contributed by atoms with Crippen molar-refractivity contribution >= 4 is 34.4 Å². The van der Waals surface area contributed by atoms with Gasteiger partial charge in [0.25, 0.3) is 5.91 Å². The molecule has 0 heterocycles. The summed E-state index contributed by atoms with van der Waals surface area (Å²) in [6, 6.07) is 2.08. The first-order valence-electron chi connectivity index (χ1n) is 4.30. The summed E-state index contributed by atoms with van der Waals surface area (Å²) in [4.78, 5) is 22.2. The molecule has 0 saturated heterocycles. The molecule has 5 nitrogen and oxygen atoms in total. The Hall–Kier alpha value is -1.52. The number of nitrogens with two attached hydrogens (primary N) is 2. The van der Waals surface area contributed by atoms with Gasteiger partial charge in [-0.3, -0.25) is 9.59 Å². The number of amides is 2. The zero-order valence-electron chi connectivity index (χ0n) is 8.55. The largest absolute Gasteiger partial charge is 0.573 e. The van der Waals surface area contributed by atoms with Crippen LogP contribution in [0.2, 0.25) is 0 Å². The maximum Gasteiger partial charge on any atom is 0.573 e. The van der Waals surface area contributed by atoms with Crippen LogP contribution in [0.3, 0.4) is 0 Å². The number of halogens is 4. The fourth-order valence-electron chi connectivity index (χ4n) is 1.24. The normalized spacial score (nSPS) is 11.1. The van der Waals surface area contributed by atoms with E-state index in [1.54, 1.807) is 22.6 Å². The molecular weight excluding hydrogens is 368 g/mol. The highest BCUT2D eigenvalue weighted by atomic mass is 127. The lowest BCUT2D eigenvalue weighted by Crippen LogP contribution is -2.25. The minimum Gasteiger partial charge on any atom is -0.405 e. The average molecular weight is 374 g/mol. The number of carbonyl (C=O) groups excluding carboxylic acids is 2. The average Bonchev–Trinajstić information content (AvgIpc) is 2.12. The molecule has 9 heteroatoms. The second-order valence-electron chi connectivity index (χ2n) is 3.10. The van der Waals surface area contributed by atoms with Gasteiger partial charge < -0.3 is 16.2 Å². The van der Waals surface area contributed by atoms with Gasteiger partial charge in [-0.2, -0.15) is 0 Å². The highest BCUT2D eigenvalue weighted by Gasteiger charge is 2.34. The van der Waals surface area contributed by atoms with Gasteiger partial charge in [0.05, 0.1) is 11.1 Å². The van der Waals surface area contributed by atoms with Gasteiger partial charge in [-0.05, 0) is 34.7 Å². The van der Waals surface area contributed by atoms with Crippen molar-refractivity contribution in [3.05, 3.63) is 26.8 Å². The van der Waals surface area contributed by atoms with Crippen LogP contribution in [0.25, 0.3) is 0 Å². The van der Waals surface area contributed by atoms with Gasteiger partial charge in [0.1, 0.15) is 5.75 Å². The van der Waals surface area contributed by atoms with Crippen molar-refractivity contribution in [1.82, 2.24) is 0 Å². The van der Waals surface area contributed by atoms with Crippen LogP contribution in [0.1, 0.15) is 20.7 Å². The number of alkyl halides is 3. The molecule has 0 unspecified atom stereocenters. The van der Waals surface area contributed by atoms with E-state index in [4.69, 9.17) is 11.5 Å². The number of rotatable bonds is 3. The molecule has 98 valence electrons. The second-order valence-corrected chi connectivity index (χ2v) is 4.35. The van der Waals surface area contributed by atoms with Crippen LogP contribution in [0.4, 0.5) is 13.2 Å². The molecule has 1 aromatic carbocycles. The summed E-state index contributed by atoms with van der Waals surface area (Å²) in [5.41, 5.74) is 8.78. The van der Waals surface area contributed by atoms with Crippen LogP contribution < -0.4 is 16.2 Å². The minimum absolute atomic E-state index is 0.241. The minimum atomic E-state index is -5.01. The molecule has 0 aliphatic carbocycles.